The van der Waals surface area contributed by atoms with Crippen molar-refractivity contribution in [2.24, 2.45) is 0 Å². The Labute approximate surface area is 178 Å². The number of Topliss-reactive ketones (excluding diaryl/α,β-unsaturated/α-hetero) is 1. The Bertz CT molecular complexity index is 1260. The molecule has 8 heteroatoms. The zero-order chi connectivity index (χ0) is 22.0. The van der Waals surface area contributed by atoms with E-state index in [-0.39, 0.29) is 33.4 Å². The van der Waals surface area contributed by atoms with Gasteiger partial charge in [-0.25, -0.2) is 12.8 Å². The summed E-state index contributed by atoms with van der Waals surface area (Å²) in [4.78, 5) is 24.2. The summed E-state index contributed by atoms with van der Waals surface area (Å²) in [5.74, 6) is -1.20. The predicted octanol–water partition coefficient (Wildman–Crippen LogP) is 3.80. The van der Waals surface area contributed by atoms with Crippen LogP contribution in [0.5, 0.6) is 5.75 Å². The lowest BCUT2D eigenvalue weighted by molar-refractivity contribution is -0.116. The number of amides is 1. The van der Waals surface area contributed by atoms with E-state index in [4.69, 9.17) is 4.74 Å². The van der Waals surface area contributed by atoms with E-state index in [0.717, 1.165) is 6.07 Å². The number of anilines is 1. The summed E-state index contributed by atoms with van der Waals surface area (Å²) in [7, 11) is -3.65. The van der Waals surface area contributed by atoms with Gasteiger partial charge in [-0.2, -0.15) is 0 Å². The van der Waals surface area contributed by atoms with Gasteiger partial charge in [0.1, 0.15) is 11.6 Å². The summed E-state index contributed by atoms with van der Waals surface area (Å²) < 4.78 is 45.0. The smallest absolute Gasteiger partial charge is 0.224 e. The highest BCUT2D eigenvalue weighted by atomic mass is 32.2. The molecule has 3 aromatic rings. The molecular formula is C23H18FNO5S. The lowest BCUT2D eigenvalue weighted by atomic mass is 9.98. The molecule has 0 saturated carbocycles. The van der Waals surface area contributed by atoms with E-state index in [9.17, 15) is 22.4 Å². The minimum Gasteiger partial charge on any atom is -0.485 e. The van der Waals surface area contributed by atoms with Crippen LogP contribution in [0.4, 0.5) is 10.1 Å². The number of benzene rings is 3. The van der Waals surface area contributed by atoms with E-state index in [1.165, 1.54) is 42.5 Å². The Kier molecular flexibility index (Phi) is 5.56. The minimum atomic E-state index is -3.65. The first-order chi connectivity index (χ1) is 14.8. The predicted molar refractivity (Wildman–Crippen MR) is 112 cm³/mol. The fourth-order valence-corrected chi connectivity index (χ4v) is 4.58. The molecule has 0 unspecified atom stereocenters. The third kappa shape index (κ3) is 4.34. The van der Waals surface area contributed by atoms with Gasteiger partial charge in [0, 0.05) is 12.1 Å². The normalized spacial score (nSPS) is 13.3. The van der Waals surface area contributed by atoms with E-state index in [0.29, 0.717) is 17.7 Å². The highest BCUT2D eigenvalue weighted by Crippen LogP contribution is 2.27. The van der Waals surface area contributed by atoms with E-state index >= 15 is 0 Å². The van der Waals surface area contributed by atoms with Crippen molar-refractivity contribution in [2.45, 2.75) is 22.6 Å². The molecule has 0 aromatic heterocycles. The van der Waals surface area contributed by atoms with Crippen LogP contribution >= 0.6 is 0 Å². The molecule has 0 aliphatic carbocycles. The van der Waals surface area contributed by atoms with Gasteiger partial charge in [-0.1, -0.05) is 18.2 Å². The molecule has 1 aliphatic rings. The monoisotopic (exact) mass is 439 g/mol. The first-order valence-electron chi connectivity index (χ1n) is 9.53. The molecule has 0 fully saturated rings. The molecule has 1 heterocycles. The molecule has 31 heavy (non-hydrogen) atoms. The molecule has 158 valence electrons. The molecule has 1 aliphatic heterocycles. The Morgan fingerprint density at radius 2 is 1.65 bits per heavy atom. The second-order valence-electron chi connectivity index (χ2n) is 7.04. The van der Waals surface area contributed by atoms with E-state index in [2.05, 4.69) is 5.32 Å². The van der Waals surface area contributed by atoms with Gasteiger partial charge in [-0.05, 0) is 60.5 Å². The summed E-state index contributed by atoms with van der Waals surface area (Å²) in [6.07, 6.45) is 0.709. The lowest BCUT2D eigenvalue weighted by Crippen LogP contribution is -2.21. The van der Waals surface area contributed by atoms with Crippen LogP contribution in [0.1, 0.15) is 22.3 Å². The SMILES string of the molecule is O=C1CCc2cc(C(=O)COc3ccc(S(=O)(=O)c4ccccc4)cc3)c(F)cc2N1. The standard InChI is InChI=1S/C23H18FNO5S/c24-20-13-21-15(6-11-23(27)25-21)12-19(20)22(26)14-30-16-7-9-18(10-8-16)31(28,29)17-4-2-1-3-5-17/h1-5,7-10,12-13H,6,11,14H2,(H,25,27). The van der Waals surface area contributed by atoms with Gasteiger partial charge >= 0.3 is 0 Å². The zero-order valence-corrected chi connectivity index (χ0v) is 17.1. The van der Waals surface area contributed by atoms with Gasteiger partial charge in [0.05, 0.1) is 15.4 Å². The quantitative estimate of drug-likeness (QED) is 0.590. The van der Waals surface area contributed by atoms with Crippen molar-refractivity contribution >= 4 is 27.2 Å². The van der Waals surface area contributed by atoms with E-state index in [1.54, 1.807) is 18.2 Å². The first-order valence-corrected chi connectivity index (χ1v) is 11.0. The maximum atomic E-state index is 14.3. The molecule has 0 bridgehead atoms. The summed E-state index contributed by atoms with van der Waals surface area (Å²) in [6, 6.07) is 16.3. The maximum Gasteiger partial charge on any atom is 0.224 e. The van der Waals surface area contributed by atoms with Crippen molar-refractivity contribution in [3.05, 3.63) is 83.7 Å². The maximum absolute atomic E-state index is 14.3. The van der Waals surface area contributed by atoms with Crippen LogP contribution in [0.2, 0.25) is 0 Å². The number of ether oxygens (including phenoxy) is 1. The Morgan fingerprint density at radius 1 is 0.968 bits per heavy atom. The average Bonchev–Trinajstić information content (AvgIpc) is 2.78. The van der Waals surface area contributed by atoms with Gasteiger partial charge in [0.15, 0.2) is 6.61 Å². The number of carbonyl (C=O) groups excluding carboxylic acids is 2. The van der Waals surface area contributed by atoms with Gasteiger partial charge in [-0.15, -0.1) is 0 Å². The van der Waals surface area contributed by atoms with Crippen LogP contribution in [-0.2, 0) is 21.1 Å². The Hall–Kier alpha value is -3.52. The number of halogens is 1. The molecule has 1 amide bonds. The van der Waals surface area contributed by atoms with Gasteiger partial charge < -0.3 is 10.1 Å². The van der Waals surface area contributed by atoms with Crippen LogP contribution in [0, 0.1) is 5.82 Å². The molecule has 0 spiro atoms. The molecule has 0 radical (unpaired) electrons. The summed E-state index contributed by atoms with van der Waals surface area (Å²) in [5, 5.41) is 2.58. The van der Waals surface area contributed by atoms with Crippen molar-refractivity contribution in [3.8, 4) is 5.75 Å². The van der Waals surface area contributed by atoms with E-state index < -0.39 is 28.0 Å². The molecule has 3 aromatic carbocycles. The number of hydrogen-bond acceptors (Lipinski definition) is 5. The van der Waals surface area contributed by atoms with Crippen molar-refractivity contribution in [1.29, 1.82) is 0 Å². The number of carbonyl (C=O) groups is 2. The third-order valence-corrected chi connectivity index (χ3v) is 6.73. The van der Waals surface area contributed by atoms with Crippen LogP contribution < -0.4 is 10.1 Å². The van der Waals surface area contributed by atoms with Gasteiger partial charge in [0.2, 0.25) is 21.5 Å². The topological polar surface area (TPSA) is 89.5 Å². The highest BCUT2D eigenvalue weighted by molar-refractivity contribution is 7.91. The van der Waals surface area contributed by atoms with Crippen molar-refractivity contribution < 1.29 is 27.1 Å². The van der Waals surface area contributed by atoms with E-state index in [1.807, 2.05) is 0 Å². The number of hydrogen-bond donors (Lipinski definition) is 1. The van der Waals surface area contributed by atoms with Crippen LogP contribution in [0.25, 0.3) is 0 Å². The number of sulfone groups is 1. The second kappa shape index (κ2) is 8.31. The fourth-order valence-electron chi connectivity index (χ4n) is 3.29. The molecular weight excluding hydrogens is 421 g/mol. The largest absolute Gasteiger partial charge is 0.485 e. The highest BCUT2D eigenvalue weighted by Gasteiger charge is 2.21. The number of aryl methyl sites for hydroxylation is 1. The third-order valence-electron chi connectivity index (χ3n) is 4.95. The Morgan fingerprint density at radius 3 is 2.35 bits per heavy atom. The number of nitrogens with one attached hydrogen (secondary N) is 1. The minimum absolute atomic E-state index is 0.0974. The zero-order valence-electron chi connectivity index (χ0n) is 16.3. The van der Waals surface area contributed by atoms with Crippen LogP contribution in [0.3, 0.4) is 0 Å². The molecule has 1 N–H and O–H groups in total. The summed E-state index contributed by atoms with van der Waals surface area (Å²) in [5.41, 5.74) is 0.958. The fraction of sp³-hybridized carbons (Fsp3) is 0.130. The van der Waals surface area contributed by atoms with Crippen LogP contribution in [0.15, 0.2) is 76.5 Å². The van der Waals surface area contributed by atoms with Gasteiger partial charge in [0.25, 0.3) is 0 Å². The molecule has 6 nitrogen and oxygen atoms in total. The Balaban J connectivity index is 1.45. The second-order valence-corrected chi connectivity index (χ2v) is 8.99. The number of fused-ring (bicyclic) bond motifs is 1. The van der Waals surface area contributed by atoms with Crippen LogP contribution in [-0.4, -0.2) is 26.7 Å². The number of rotatable bonds is 6. The van der Waals surface area contributed by atoms with Crippen molar-refractivity contribution in [3.63, 3.8) is 0 Å². The van der Waals surface area contributed by atoms with Gasteiger partial charge in [-0.3, -0.25) is 9.59 Å². The van der Waals surface area contributed by atoms with Crippen molar-refractivity contribution in [2.75, 3.05) is 11.9 Å². The molecule has 0 atom stereocenters. The summed E-state index contributed by atoms with van der Waals surface area (Å²) >= 11 is 0. The lowest BCUT2D eigenvalue weighted by Gasteiger charge is -2.18. The average molecular weight is 439 g/mol. The molecule has 4 rings (SSSR count). The number of ketones is 1. The van der Waals surface area contributed by atoms with Crippen molar-refractivity contribution in [1.82, 2.24) is 0 Å². The molecule has 0 saturated heterocycles. The summed E-state index contributed by atoms with van der Waals surface area (Å²) in [6.45, 7) is -0.410. The first kappa shape index (κ1) is 20.7.